The number of carboxylic acid groups (broad SMARTS) is 1. The Balaban J connectivity index is 2.21. The molecule has 2 unspecified atom stereocenters. The van der Waals surface area contributed by atoms with E-state index < -0.39 is 48.2 Å². The fraction of sp³-hybridized carbons (Fsp3) is 0.640. The van der Waals surface area contributed by atoms with Crippen LogP contribution < -0.4 is 26.4 Å². The number of ether oxygens (including phenoxy) is 2. The van der Waals surface area contributed by atoms with E-state index in [0.717, 1.165) is 5.56 Å². The lowest BCUT2D eigenvalue weighted by atomic mass is 10.0. The summed E-state index contributed by atoms with van der Waals surface area (Å²) >= 11 is 0. The topological polar surface area (TPSA) is 192 Å². The molecule has 0 aliphatic carbocycles. The molecule has 12 nitrogen and oxygen atoms in total. The van der Waals surface area contributed by atoms with E-state index in [-0.39, 0.29) is 38.6 Å². The fourth-order valence-electron chi connectivity index (χ4n) is 3.68. The van der Waals surface area contributed by atoms with Crippen LogP contribution in [0.1, 0.15) is 38.7 Å². The Labute approximate surface area is 216 Å². The zero-order valence-electron chi connectivity index (χ0n) is 21.4. The highest BCUT2D eigenvalue weighted by atomic mass is 16.5. The Morgan fingerprint density at radius 3 is 2.41 bits per heavy atom. The maximum absolute atomic E-state index is 13.3. The summed E-state index contributed by atoms with van der Waals surface area (Å²) in [7, 11) is 0. The minimum atomic E-state index is -1.18. The van der Waals surface area contributed by atoms with Gasteiger partial charge in [-0.15, -0.1) is 0 Å². The van der Waals surface area contributed by atoms with Crippen LogP contribution in [0, 0.1) is 5.92 Å². The van der Waals surface area contributed by atoms with E-state index in [1.165, 1.54) is 0 Å². The number of urea groups is 1. The molecule has 2 aliphatic rings. The molecule has 0 radical (unpaired) electrons. The van der Waals surface area contributed by atoms with Crippen molar-refractivity contribution in [2.45, 2.75) is 69.9 Å². The molecule has 12 heteroatoms. The van der Waals surface area contributed by atoms with Gasteiger partial charge >= 0.3 is 12.0 Å². The first-order valence-corrected chi connectivity index (χ1v) is 12.6. The van der Waals surface area contributed by atoms with Gasteiger partial charge in [0.2, 0.25) is 5.91 Å². The number of hydrogen-bond acceptors (Lipinski definition) is 8. The van der Waals surface area contributed by atoms with Crippen molar-refractivity contribution in [2.24, 2.45) is 11.7 Å². The van der Waals surface area contributed by atoms with Gasteiger partial charge in [0.05, 0.1) is 19.3 Å². The van der Waals surface area contributed by atoms with E-state index in [1.807, 2.05) is 13.8 Å². The second kappa shape index (κ2) is 15.4. The number of amides is 3. The third-order valence-electron chi connectivity index (χ3n) is 6.12. The smallest absolute Gasteiger partial charge is 0.326 e. The van der Waals surface area contributed by atoms with Crippen LogP contribution >= 0.6 is 0 Å². The van der Waals surface area contributed by atoms with Crippen LogP contribution in [0.25, 0.3) is 0 Å². The van der Waals surface area contributed by atoms with Crippen molar-refractivity contribution in [3.63, 3.8) is 0 Å². The van der Waals surface area contributed by atoms with Gasteiger partial charge in [-0.2, -0.15) is 0 Å². The first-order chi connectivity index (χ1) is 17.6. The van der Waals surface area contributed by atoms with Crippen LogP contribution in [0.3, 0.4) is 0 Å². The zero-order chi connectivity index (χ0) is 27.4. The molecule has 5 atom stereocenters. The predicted molar refractivity (Wildman–Crippen MR) is 135 cm³/mol. The molecule has 2 bridgehead atoms. The number of unbranched alkanes of at least 4 members (excludes halogenated alkanes) is 1. The summed E-state index contributed by atoms with van der Waals surface area (Å²) in [6.07, 6.45) is -0.818. The number of rotatable bonds is 8. The highest BCUT2D eigenvalue weighted by Gasteiger charge is 2.28. The molecule has 37 heavy (non-hydrogen) atoms. The first kappa shape index (κ1) is 30.3. The molecule has 1 aromatic carbocycles. The Bertz CT molecular complexity index is 867. The van der Waals surface area contributed by atoms with Gasteiger partial charge in [-0.3, -0.25) is 4.79 Å². The molecule has 0 fully saturated rings. The van der Waals surface area contributed by atoms with Crippen LogP contribution in [0.15, 0.2) is 24.3 Å². The van der Waals surface area contributed by atoms with E-state index in [1.54, 1.807) is 24.3 Å². The van der Waals surface area contributed by atoms with Crippen molar-refractivity contribution >= 4 is 17.9 Å². The number of aliphatic carboxylic acids is 1. The highest BCUT2D eigenvalue weighted by molar-refractivity contribution is 5.89. The Kier molecular flexibility index (Phi) is 12.6. The second-order valence-electron chi connectivity index (χ2n) is 9.54. The van der Waals surface area contributed by atoms with Crippen molar-refractivity contribution < 1.29 is 39.2 Å². The highest BCUT2D eigenvalue weighted by Crippen LogP contribution is 2.15. The van der Waals surface area contributed by atoms with Gasteiger partial charge in [0.15, 0.2) is 0 Å². The average Bonchev–Trinajstić information content (AvgIpc) is 2.85. The summed E-state index contributed by atoms with van der Waals surface area (Å²) in [5.74, 6) is -1.23. The summed E-state index contributed by atoms with van der Waals surface area (Å²) in [5, 5.41) is 37.7. The summed E-state index contributed by atoms with van der Waals surface area (Å²) in [6.45, 7) is 3.98. The van der Waals surface area contributed by atoms with Crippen molar-refractivity contribution in [1.29, 1.82) is 0 Å². The molecule has 0 saturated carbocycles. The summed E-state index contributed by atoms with van der Waals surface area (Å²) in [4.78, 5) is 37.6. The first-order valence-electron chi connectivity index (χ1n) is 12.6. The number of carbonyl (C=O) groups excluding carboxylic acids is 2. The Hall–Kier alpha value is -2.93. The fourth-order valence-corrected chi connectivity index (χ4v) is 3.68. The molecule has 0 saturated heterocycles. The van der Waals surface area contributed by atoms with Gasteiger partial charge in [-0.25, -0.2) is 9.59 Å². The molecule has 0 spiro atoms. The monoisotopic (exact) mass is 524 g/mol. The standard InChI is InChI=1S/C25H40N4O8/c1-15(2)20-12-36-13-21(30)22(31)14-37-17-8-6-16(7-9-17)11-19(23(32)27-20)29-25(35)28-18(24(33)34)5-3-4-10-26/h6-9,15,18-22,30-31H,3-5,10-14,26H2,1-2H3,(H,27,32)(H,33,34)(H2,28,29,35)/t18-,19+,20+,21?,22?/m0/s1. The molecule has 3 rings (SSSR count). The molecule has 208 valence electrons. The number of carboxylic acids is 1. The van der Waals surface area contributed by atoms with Crippen molar-refractivity contribution in [3.8, 4) is 5.75 Å². The Morgan fingerprint density at radius 2 is 1.78 bits per heavy atom. The SMILES string of the molecule is CC(C)[C@H]1COCC(O)C(O)COc2ccc(cc2)C[C@@H](NC(=O)N[C@@H](CCCCN)C(=O)O)C(=O)N1. The normalized spacial score (nSPS) is 24.1. The van der Waals surface area contributed by atoms with Crippen LogP contribution in [-0.4, -0.2) is 89.9 Å². The lowest BCUT2D eigenvalue weighted by molar-refractivity contribution is -0.139. The summed E-state index contributed by atoms with van der Waals surface area (Å²) < 4.78 is 11.1. The third kappa shape index (κ3) is 10.5. The zero-order valence-corrected chi connectivity index (χ0v) is 21.4. The van der Waals surface area contributed by atoms with Crippen molar-refractivity contribution in [1.82, 2.24) is 16.0 Å². The summed E-state index contributed by atoms with van der Waals surface area (Å²) in [5.41, 5.74) is 6.18. The molecular formula is C25H40N4O8. The number of hydrogen-bond donors (Lipinski definition) is 7. The van der Waals surface area contributed by atoms with Crippen LogP contribution in [-0.2, 0) is 20.7 Å². The van der Waals surface area contributed by atoms with Crippen LogP contribution in [0.2, 0.25) is 0 Å². The van der Waals surface area contributed by atoms with Crippen molar-refractivity contribution in [3.05, 3.63) is 29.8 Å². The number of aliphatic hydroxyl groups is 2. The summed E-state index contributed by atoms with van der Waals surface area (Å²) in [6, 6.07) is 3.41. The number of carbonyl (C=O) groups is 3. The molecule has 0 aromatic heterocycles. The number of nitrogens with one attached hydrogen (secondary N) is 3. The number of nitrogens with two attached hydrogens (primary N) is 1. The minimum absolute atomic E-state index is 0.0408. The molecule has 8 N–H and O–H groups in total. The van der Waals surface area contributed by atoms with Gasteiger partial charge in [-0.1, -0.05) is 26.0 Å². The van der Waals surface area contributed by atoms with Gasteiger partial charge in [-0.05, 0) is 49.4 Å². The van der Waals surface area contributed by atoms with E-state index >= 15 is 0 Å². The number of benzene rings is 1. The second-order valence-corrected chi connectivity index (χ2v) is 9.54. The molecule has 1 aromatic rings. The molecular weight excluding hydrogens is 484 g/mol. The lowest BCUT2D eigenvalue weighted by Crippen LogP contribution is -2.56. The third-order valence-corrected chi connectivity index (χ3v) is 6.12. The molecule has 2 heterocycles. The Morgan fingerprint density at radius 1 is 1.11 bits per heavy atom. The molecule has 2 aliphatic heterocycles. The minimum Gasteiger partial charge on any atom is -0.491 e. The van der Waals surface area contributed by atoms with Gasteiger partial charge in [0.1, 0.15) is 36.6 Å². The van der Waals surface area contributed by atoms with E-state index in [9.17, 15) is 29.7 Å². The lowest BCUT2D eigenvalue weighted by Gasteiger charge is -2.27. The van der Waals surface area contributed by atoms with E-state index in [2.05, 4.69) is 16.0 Å². The number of fused-ring (bicyclic) bond motifs is 13. The van der Waals surface area contributed by atoms with Gasteiger partial charge in [0.25, 0.3) is 0 Å². The van der Waals surface area contributed by atoms with Gasteiger partial charge in [0, 0.05) is 6.42 Å². The number of aliphatic hydroxyl groups excluding tert-OH is 2. The maximum atomic E-state index is 13.3. The largest absolute Gasteiger partial charge is 0.491 e. The van der Waals surface area contributed by atoms with Crippen LogP contribution in [0.4, 0.5) is 4.79 Å². The maximum Gasteiger partial charge on any atom is 0.326 e. The van der Waals surface area contributed by atoms with Crippen LogP contribution in [0.5, 0.6) is 5.75 Å². The van der Waals surface area contributed by atoms with Crippen molar-refractivity contribution in [2.75, 3.05) is 26.4 Å². The predicted octanol–water partition coefficient (Wildman–Crippen LogP) is -0.249. The quantitative estimate of drug-likeness (QED) is 0.225. The van der Waals surface area contributed by atoms with Gasteiger partial charge < -0.3 is 46.5 Å². The molecule has 3 amide bonds. The van der Waals surface area contributed by atoms with E-state index in [0.29, 0.717) is 25.1 Å². The average molecular weight is 525 g/mol. The van der Waals surface area contributed by atoms with E-state index in [4.69, 9.17) is 15.2 Å².